The summed E-state index contributed by atoms with van der Waals surface area (Å²) >= 11 is 1.81. The van der Waals surface area contributed by atoms with Crippen LogP contribution in [0.3, 0.4) is 0 Å². The summed E-state index contributed by atoms with van der Waals surface area (Å²) < 4.78 is 7.73. The molecule has 7 nitrogen and oxygen atoms in total. The van der Waals surface area contributed by atoms with E-state index in [0.717, 1.165) is 51.2 Å². The fourth-order valence-corrected chi connectivity index (χ4v) is 4.28. The van der Waals surface area contributed by atoms with Gasteiger partial charge in [0.1, 0.15) is 5.82 Å². The van der Waals surface area contributed by atoms with Gasteiger partial charge in [0.05, 0.1) is 25.8 Å². The van der Waals surface area contributed by atoms with E-state index in [-0.39, 0.29) is 0 Å². The zero-order chi connectivity index (χ0) is 19.8. The second-order valence-electron chi connectivity index (χ2n) is 7.38. The third-order valence-electron chi connectivity index (χ3n) is 4.82. The normalized spacial score (nSPS) is 17.1. The summed E-state index contributed by atoms with van der Waals surface area (Å²) in [5.41, 5.74) is 0. The van der Waals surface area contributed by atoms with Gasteiger partial charge < -0.3 is 19.9 Å². The maximum atomic E-state index is 5.53. The van der Waals surface area contributed by atoms with Crippen molar-refractivity contribution in [2.45, 2.75) is 33.0 Å². The minimum atomic E-state index is 0.324. The number of hydrogen-bond acceptors (Lipinski definition) is 5. The van der Waals surface area contributed by atoms with E-state index in [1.807, 2.05) is 19.4 Å². The van der Waals surface area contributed by atoms with Crippen molar-refractivity contribution in [2.24, 2.45) is 10.9 Å². The van der Waals surface area contributed by atoms with Crippen molar-refractivity contribution in [3.8, 4) is 0 Å². The third kappa shape index (κ3) is 5.80. The van der Waals surface area contributed by atoms with E-state index in [4.69, 9.17) is 4.74 Å². The van der Waals surface area contributed by atoms with Gasteiger partial charge in [0, 0.05) is 50.5 Å². The molecule has 1 atom stereocenters. The Morgan fingerprint density at radius 3 is 2.82 bits per heavy atom. The monoisotopic (exact) mass is 404 g/mol. The van der Waals surface area contributed by atoms with Gasteiger partial charge in [-0.25, -0.2) is 4.98 Å². The lowest BCUT2D eigenvalue weighted by molar-refractivity contribution is 0.0177. The fraction of sp³-hybridized carbons (Fsp3) is 0.600. The molecule has 1 unspecified atom stereocenters. The molecule has 1 saturated heterocycles. The molecule has 3 heterocycles. The highest BCUT2D eigenvalue weighted by molar-refractivity contribution is 7.10. The molecule has 2 aromatic heterocycles. The molecule has 0 bridgehead atoms. The summed E-state index contributed by atoms with van der Waals surface area (Å²) in [6.07, 6.45) is 3.90. The Hall–Kier alpha value is -1.90. The largest absolute Gasteiger partial charge is 0.379 e. The molecular formula is C20H32N6OS. The van der Waals surface area contributed by atoms with Gasteiger partial charge in [0.2, 0.25) is 0 Å². The summed E-state index contributed by atoms with van der Waals surface area (Å²) in [5.74, 6) is 2.42. The van der Waals surface area contributed by atoms with Crippen LogP contribution in [0.4, 0.5) is 0 Å². The number of rotatable bonds is 8. The van der Waals surface area contributed by atoms with E-state index in [9.17, 15) is 0 Å². The number of hydrogen-bond donors (Lipinski definition) is 2. The van der Waals surface area contributed by atoms with Gasteiger partial charge in [-0.15, -0.1) is 11.3 Å². The molecule has 2 N–H and O–H groups in total. The molecule has 154 valence electrons. The van der Waals surface area contributed by atoms with Gasteiger partial charge in [-0.05, 0) is 17.4 Å². The van der Waals surface area contributed by atoms with E-state index in [2.05, 4.69) is 61.4 Å². The molecule has 28 heavy (non-hydrogen) atoms. The van der Waals surface area contributed by atoms with Gasteiger partial charge in [-0.3, -0.25) is 9.89 Å². The Kier molecular flexibility index (Phi) is 7.88. The highest BCUT2D eigenvalue weighted by Gasteiger charge is 2.23. The summed E-state index contributed by atoms with van der Waals surface area (Å²) in [4.78, 5) is 12.7. The molecule has 3 rings (SSSR count). The Bertz CT molecular complexity index is 721. The van der Waals surface area contributed by atoms with Crippen molar-refractivity contribution in [3.05, 3.63) is 40.6 Å². The second kappa shape index (κ2) is 10.6. The van der Waals surface area contributed by atoms with Crippen LogP contribution in [0.2, 0.25) is 0 Å². The topological polar surface area (TPSA) is 66.7 Å². The first-order valence-electron chi connectivity index (χ1n) is 9.97. The van der Waals surface area contributed by atoms with Gasteiger partial charge >= 0.3 is 0 Å². The van der Waals surface area contributed by atoms with Crippen molar-refractivity contribution in [1.29, 1.82) is 0 Å². The first-order valence-corrected chi connectivity index (χ1v) is 10.8. The predicted octanol–water partition coefficient (Wildman–Crippen LogP) is 2.34. The van der Waals surface area contributed by atoms with Crippen LogP contribution < -0.4 is 10.6 Å². The van der Waals surface area contributed by atoms with E-state index < -0.39 is 0 Å². The first kappa shape index (κ1) is 20.8. The van der Waals surface area contributed by atoms with Crippen LogP contribution in [-0.2, 0) is 17.8 Å². The fourth-order valence-electron chi connectivity index (χ4n) is 3.42. The number of imidazole rings is 1. The standard InChI is InChI=1S/C20H32N6OS/c1-16(2)15-26-7-6-22-19(26)14-24-20(21-3)23-13-17(18-5-4-12-28-18)25-8-10-27-11-9-25/h4-7,12,16-17H,8-11,13-15H2,1-3H3,(H2,21,23,24). The summed E-state index contributed by atoms with van der Waals surface area (Å²) in [6, 6.07) is 4.66. The minimum absolute atomic E-state index is 0.324. The zero-order valence-corrected chi connectivity index (χ0v) is 17.9. The Morgan fingerprint density at radius 1 is 1.32 bits per heavy atom. The van der Waals surface area contributed by atoms with Gasteiger partial charge in [-0.2, -0.15) is 0 Å². The number of aliphatic imine (C=N–C) groups is 1. The van der Waals surface area contributed by atoms with E-state index in [1.165, 1.54) is 4.88 Å². The SMILES string of the molecule is CN=C(NCc1nccn1CC(C)C)NCC(c1cccs1)N1CCOCC1. The number of morpholine rings is 1. The number of nitrogens with zero attached hydrogens (tertiary/aromatic N) is 4. The molecule has 0 saturated carbocycles. The lowest BCUT2D eigenvalue weighted by Gasteiger charge is -2.34. The number of ether oxygens (including phenoxy) is 1. The van der Waals surface area contributed by atoms with Crippen molar-refractivity contribution >= 4 is 17.3 Å². The lowest BCUT2D eigenvalue weighted by atomic mass is 10.2. The molecule has 8 heteroatoms. The average Bonchev–Trinajstić information content (AvgIpc) is 3.37. The van der Waals surface area contributed by atoms with Crippen LogP contribution in [0, 0.1) is 5.92 Å². The molecule has 0 amide bonds. The van der Waals surface area contributed by atoms with Gasteiger partial charge in [0.15, 0.2) is 5.96 Å². The second-order valence-corrected chi connectivity index (χ2v) is 8.36. The van der Waals surface area contributed by atoms with Crippen LogP contribution >= 0.6 is 11.3 Å². The summed E-state index contributed by atoms with van der Waals surface area (Å²) in [6.45, 7) is 10.4. The molecule has 1 aliphatic rings. The molecule has 1 fully saturated rings. The lowest BCUT2D eigenvalue weighted by Crippen LogP contribution is -2.46. The summed E-state index contributed by atoms with van der Waals surface area (Å²) in [7, 11) is 1.81. The van der Waals surface area contributed by atoms with Crippen molar-refractivity contribution < 1.29 is 4.74 Å². The number of thiophene rings is 1. The maximum Gasteiger partial charge on any atom is 0.191 e. The van der Waals surface area contributed by atoms with E-state index in [0.29, 0.717) is 18.5 Å². The molecular weight excluding hydrogens is 372 g/mol. The molecule has 2 aromatic rings. The molecule has 0 aliphatic carbocycles. The molecule has 1 aliphatic heterocycles. The molecule has 0 aromatic carbocycles. The smallest absolute Gasteiger partial charge is 0.191 e. The van der Waals surface area contributed by atoms with Crippen LogP contribution in [0.15, 0.2) is 34.9 Å². The number of guanidine groups is 1. The number of aromatic nitrogens is 2. The van der Waals surface area contributed by atoms with Crippen molar-refractivity contribution in [3.63, 3.8) is 0 Å². The van der Waals surface area contributed by atoms with Gasteiger partial charge in [0.25, 0.3) is 0 Å². The van der Waals surface area contributed by atoms with Crippen LogP contribution in [0.5, 0.6) is 0 Å². The van der Waals surface area contributed by atoms with Crippen molar-refractivity contribution in [1.82, 2.24) is 25.1 Å². The van der Waals surface area contributed by atoms with Crippen molar-refractivity contribution in [2.75, 3.05) is 39.9 Å². The quantitative estimate of drug-likeness (QED) is 0.522. The number of nitrogens with one attached hydrogen (secondary N) is 2. The maximum absolute atomic E-state index is 5.53. The Balaban J connectivity index is 1.57. The first-order chi connectivity index (χ1) is 13.7. The van der Waals surface area contributed by atoms with Crippen LogP contribution in [-0.4, -0.2) is 60.3 Å². The van der Waals surface area contributed by atoms with Crippen LogP contribution in [0.25, 0.3) is 0 Å². The third-order valence-corrected chi connectivity index (χ3v) is 5.80. The molecule has 0 radical (unpaired) electrons. The average molecular weight is 405 g/mol. The Labute approximate surface area is 171 Å². The molecule has 0 spiro atoms. The van der Waals surface area contributed by atoms with E-state index >= 15 is 0 Å². The van der Waals surface area contributed by atoms with E-state index in [1.54, 1.807) is 11.3 Å². The Morgan fingerprint density at radius 2 is 2.14 bits per heavy atom. The minimum Gasteiger partial charge on any atom is -0.379 e. The predicted molar refractivity (Wildman–Crippen MR) is 115 cm³/mol. The highest BCUT2D eigenvalue weighted by Crippen LogP contribution is 2.25. The zero-order valence-electron chi connectivity index (χ0n) is 17.1. The van der Waals surface area contributed by atoms with Gasteiger partial charge in [-0.1, -0.05) is 19.9 Å². The van der Waals surface area contributed by atoms with Crippen LogP contribution in [0.1, 0.15) is 30.6 Å². The highest BCUT2D eigenvalue weighted by atomic mass is 32.1. The summed E-state index contributed by atoms with van der Waals surface area (Å²) in [5, 5.41) is 9.05.